The van der Waals surface area contributed by atoms with Gasteiger partial charge >= 0.3 is 6.18 Å². The lowest BCUT2D eigenvalue weighted by atomic mass is 10.2. The smallest absolute Gasteiger partial charge is 0.338 e. The monoisotopic (exact) mass is 511 g/mol. The summed E-state index contributed by atoms with van der Waals surface area (Å²) in [5.74, 6) is -0.175. The van der Waals surface area contributed by atoms with E-state index >= 15 is 0 Å². The Hall–Kier alpha value is -2.53. The van der Waals surface area contributed by atoms with Gasteiger partial charge in [0.15, 0.2) is 15.0 Å². The molecule has 4 rings (SSSR count). The van der Waals surface area contributed by atoms with E-state index in [2.05, 4.69) is 4.98 Å². The zero-order valence-electron chi connectivity index (χ0n) is 18.5. The van der Waals surface area contributed by atoms with Gasteiger partial charge in [-0.15, -0.1) is 0 Å². The molecule has 0 radical (unpaired) electrons. The molecule has 1 amide bonds. The van der Waals surface area contributed by atoms with Gasteiger partial charge < -0.3 is 9.47 Å². The van der Waals surface area contributed by atoms with Crippen molar-refractivity contribution in [1.29, 1.82) is 0 Å². The van der Waals surface area contributed by atoms with Crippen LogP contribution in [0.2, 0.25) is 0 Å². The number of hydrogen-bond acceptors (Lipinski definition) is 5. The van der Waals surface area contributed by atoms with Crippen LogP contribution in [0, 0.1) is 0 Å². The lowest BCUT2D eigenvalue weighted by Crippen LogP contribution is -2.42. The van der Waals surface area contributed by atoms with Gasteiger partial charge in [-0.3, -0.25) is 4.79 Å². The minimum Gasteiger partial charge on any atom is -0.338 e. The van der Waals surface area contributed by atoms with Gasteiger partial charge in [-0.05, 0) is 37.1 Å². The number of nitrogens with zero attached hydrogens (tertiary/aromatic N) is 3. The number of hydrogen-bond donors (Lipinski definition) is 0. The molecule has 0 N–H and O–H groups in total. The molecular formula is C23H24F3N3O3S2. The molecular weight excluding hydrogens is 487 g/mol. The Labute approximate surface area is 200 Å². The van der Waals surface area contributed by atoms with Crippen molar-refractivity contribution in [3.63, 3.8) is 0 Å². The molecule has 0 bridgehead atoms. The molecule has 1 aromatic heterocycles. The number of amides is 1. The highest BCUT2D eigenvalue weighted by molar-refractivity contribution is 7.99. The predicted octanol–water partition coefficient (Wildman–Crippen LogP) is 4.23. The number of rotatable bonds is 7. The molecule has 1 saturated heterocycles. The zero-order valence-corrected chi connectivity index (χ0v) is 20.1. The molecule has 2 heterocycles. The lowest BCUT2D eigenvalue weighted by molar-refractivity contribution is -0.137. The number of benzene rings is 2. The van der Waals surface area contributed by atoms with Crippen molar-refractivity contribution in [2.45, 2.75) is 37.3 Å². The average Bonchev–Trinajstić information content (AvgIpc) is 3.32. The average molecular weight is 512 g/mol. The number of fused-ring (bicyclic) bond motifs is 1. The SMILES string of the molecule is CCN(C(=O)CSc1nc2cc(C(F)(F)F)ccc2n1Cc1ccccc1)[C@H]1CCS(=O)(=O)C1. The van der Waals surface area contributed by atoms with E-state index < -0.39 is 21.6 Å². The Kier molecular flexibility index (Phi) is 6.95. The maximum atomic E-state index is 13.2. The van der Waals surface area contributed by atoms with E-state index in [-0.39, 0.29) is 34.7 Å². The molecule has 3 aromatic rings. The number of carbonyl (C=O) groups is 1. The molecule has 1 fully saturated rings. The fourth-order valence-electron chi connectivity index (χ4n) is 4.18. The van der Waals surface area contributed by atoms with Crippen molar-refractivity contribution in [3.8, 4) is 0 Å². The van der Waals surface area contributed by atoms with Crippen LogP contribution in [-0.4, -0.2) is 58.6 Å². The Morgan fingerprint density at radius 2 is 1.94 bits per heavy atom. The van der Waals surface area contributed by atoms with Gasteiger partial charge in [0.1, 0.15) is 0 Å². The highest BCUT2D eigenvalue weighted by Gasteiger charge is 2.34. The number of aromatic nitrogens is 2. The topological polar surface area (TPSA) is 72.3 Å². The number of thioether (sulfide) groups is 1. The molecule has 2 aromatic carbocycles. The Morgan fingerprint density at radius 1 is 1.21 bits per heavy atom. The molecule has 182 valence electrons. The van der Waals surface area contributed by atoms with Crippen molar-refractivity contribution in [2.24, 2.45) is 0 Å². The number of halogens is 3. The summed E-state index contributed by atoms with van der Waals surface area (Å²) in [5, 5.41) is 0.432. The summed E-state index contributed by atoms with van der Waals surface area (Å²) in [7, 11) is -3.14. The first-order valence-corrected chi connectivity index (χ1v) is 13.6. The second kappa shape index (κ2) is 9.61. The van der Waals surface area contributed by atoms with Gasteiger partial charge in [0.05, 0.1) is 40.4 Å². The lowest BCUT2D eigenvalue weighted by Gasteiger charge is -2.26. The van der Waals surface area contributed by atoms with Gasteiger partial charge in [0, 0.05) is 12.6 Å². The predicted molar refractivity (Wildman–Crippen MR) is 125 cm³/mol. The highest BCUT2D eigenvalue weighted by Crippen LogP contribution is 2.33. The van der Waals surface area contributed by atoms with Crippen molar-refractivity contribution >= 4 is 38.5 Å². The first-order valence-electron chi connectivity index (χ1n) is 10.8. The summed E-state index contributed by atoms with van der Waals surface area (Å²) in [5.41, 5.74) is 0.911. The zero-order chi connectivity index (χ0) is 24.5. The third-order valence-corrected chi connectivity index (χ3v) is 8.57. The van der Waals surface area contributed by atoms with Crippen LogP contribution in [0.5, 0.6) is 0 Å². The van der Waals surface area contributed by atoms with Gasteiger partial charge in [-0.25, -0.2) is 13.4 Å². The number of imidazole rings is 1. The molecule has 1 aliphatic rings. The molecule has 0 aliphatic carbocycles. The molecule has 1 atom stereocenters. The van der Waals surface area contributed by atoms with Gasteiger partial charge in [-0.2, -0.15) is 13.2 Å². The first-order chi connectivity index (χ1) is 16.1. The maximum absolute atomic E-state index is 13.2. The number of alkyl halides is 3. The third kappa shape index (κ3) is 5.41. The normalized spacial score (nSPS) is 17.8. The minimum atomic E-state index is -4.48. The quantitative estimate of drug-likeness (QED) is 0.444. The van der Waals surface area contributed by atoms with Crippen molar-refractivity contribution in [2.75, 3.05) is 23.8 Å². The van der Waals surface area contributed by atoms with E-state index in [4.69, 9.17) is 0 Å². The van der Waals surface area contributed by atoms with Crippen molar-refractivity contribution in [1.82, 2.24) is 14.5 Å². The van der Waals surface area contributed by atoms with Crippen LogP contribution >= 0.6 is 11.8 Å². The standard InChI is InChI=1S/C23H24F3N3O3S2/c1-2-28(18-10-11-34(31,32)15-18)21(30)14-33-22-27-19-12-17(23(24,25)26)8-9-20(19)29(22)13-16-6-4-3-5-7-16/h3-9,12,18H,2,10-11,13-15H2,1H3/t18-/m0/s1. The van der Waals surface area contributed by atoms with Crippen LogP contribution in [0.15, 0.2) is 53.7 Å². The summed E-state index contributed by atoms with van der Waals surface area (Å²) < 4.78 is 65.2. The third-order valence-electron chi connectivity index (χ3n) is 5.86. The molecule has 6 nitrogen and oxygen atoms in total. The highest BCUT2D eigenvalue weighted by atomic mass is 32.2. The Bertz CT molecular complexity index is 1290. The summed E-state index contributed by atoms with van der Waals surface area (Å²) in [6.45, 7) is 2.57. The van der Waals surface area contributed by atoms with Crippen LogP contribution in [0.3, 0.4) is 0 Å². The van der Waals surface area contributed by atoms with Crippen molar-refractivity contribution < 1.29 is 26.4 Å². The van der Waals surface area contributed by atoms with Crippen LogP contribution < -0.4 is 0 Å². The molecule has 34 heavy (non-hydrogen) atoms. The van der Waals surface area contributed by atoms with E-state index in [1.54, 1.807) is 16.4 Å². The number of carbonyl (C=O) groups excluding carboxylic acids is 1. The fourth-order valence-corrected chi connectivity index (χ4v) is 6.81. The second-order valence-corrected chi connectivity index (χ2v) is 11.4. The maximum Gasteiger partial charge on any atom is 0.416 e. The van der Waals surface area contributed by atoms with Gasteiger partial charge in [0.25, 0.3) is 0 Å². The van der Waals surface area contributed by atoms with Crippen LogP contribution in [0.4, 0.5) is 13.2 Å². The van der Waals surface area contributed by atoms with E-state index in [0.717, 1.165) is 29.5 Å². The van der Waals surface area contributed by atoms with Crippen LogP contribution in [-0.2, 0) is 27.4 Å². The first kappa shape index (κ1) is 24.6. The van der Waals surface area contributed by atoms with Gasteiger partial charge in [-0.1, -0.05) is 42.1 Å². The molecule has 0 saturated carbocycles. The van der Waals surface area contributed by atoms with Crippen molar-refractivity contribution in [3.05, 3.63) is 59.7 Å². The summed E-state index contributed by atoms with van der Waals surface area (Å²) in [6.07, 6.45) is -4.07. The minimum absolute atomic E-state index is 0.00856. The number of sulfone groups is 1. The largest absolute Gasteiger partial charge is 0.416 e. The molecule has 11 heteroatoms. The Balaban J connectivity index is 1.61. The fraction of sp³-hybridized carbons (Fsp3) is 0.391. The van der Waals surface area contributed by atoms with E-state index in [1.807, 2.05) is 30.3 Å². The van der Waals surface area contributed by atoms with Crippen LogP contribution in [0.25, 0.3) is 11.0 Å². The molecule has 1 aliphatic heterocycles. The molecule has 0 spiro atoms. The summed E-state index contributed by atoms with van der Waals surface area (Å²) in [4.78, 5) is 18.9. The molecule has 0 unspecified atom stereocenters. The van der Waals surface area contributed by atoms with E-state index in [1.165, 1.54) is 6.07 Å². The van der Waals surface area contributed by atoms with E-state index in [9.17, 15) is 26.4 Å². The van der Waals surface area contributed by atoms with Gasteiger partial charge in [0.2, 0.25) is 5.91 Å². The summed E-state index contributed by atoms with van der Waals surface area (Å²) >= 11 is 1.15. The Morgan fingerprint density at radius 3 is 2.56 bits per heavy atom. The van der Waals surface area contributed by atoms with E-state index in [0.29, 0.717) is 30.2 Å². The second-order valence-electron chi connectivity index (χ2n) is 8.19. The van der Waals surface area contributed by atoms with Crippen LogP contribution in [0.1, 0.15) is 24.5 Å². The summed E-state index contributed by atoms with van der Waals surface area (Å²) in [6, 6.07) is 12.6.